The first-order valence-corrected chi connectivity index (χ1v) is 7.70. The van der Waals surface area contributed by atoms with Gasteiger partial charge in [0.15, 0.2) is 0 Å². The lowest BCUT2D eigenvalue weighted by Crippen LogP contribution is -2.08. The summed E-state index contributed by atoms with van der Waals surface area (Å²) in [6.07, 6.45) is 0.491. The molecule has 0 aliphatic rings. The van der Waals surface area contributed by atoms with Crippen LogP contribution in [-0.2, 0) is 0 Å². The number of benzene rings is 2. The van der Waals surface area contributed by atoms with Crippen molar-refractivity contribution < 1.29 is 4.74 Å². The molecule has 0 fully saturated rings. The van der Waals surface area contributed by atoms with Crippen molar-refractivity contribution in [2.24, 2.45) is 0 Å². The van der Waals surface area contributed by atoms with E-state index in [1.165, 1.54) is 0 Å². The molecule has 20 heavy (non-hydrogen) atoms. The predicted octanol–water partition coefficient (Wildman–Crippen LogP) is 6.40. The highest BCUT2D eigenvalue weighted by atomic mass is 35.5. The molecule has 0 unspecified atom stereocenters. The van der Waals surface area contributed by atoms with E-state index in [1.54, 1.807) is 18.2 Å². The van der Waals surface area contributed by atoms with E-state index in [0.29, 0.717) is 33.1 Å². The topological polar surface area (TPSA) is 9.23 Å². The van der Waals surface area contributed by atoms with Crippen LogP contribution in [0, 0.1) is 0 Å². The van der Waals surface area contributed by atoms with Gasteiger partial charge < -0.3 is 4.74 Å². The number of hydrogen-bond donors (Lipinski definition) is 0. The summed E-state index contributed by atoms with van der Waals surface area (Å²) in [5.74, 6) is 1.07. The molecule has 0 aliphatic carbocycles. The van der Waals surface area contributed by atoms with Crippen LogP contribution in [0.15, 0.2) is 42.5 Å². The minimum absolute atomic E-state index is 0.177. The van der Waals surface area contributed by atoms with Crippen LogP contribution in [0.2, 0.25) is 15.1 Å². The maximum atomic E-state index is 6.12. The second kappa shape index (κ2) is 7.42. The molecule has 0 saturated carbocycles. The molecule has 0 aromatic heterocycles. The summed E-state index contributed by atoms with van der Waals surface area (Å²) in [5, 5.41) is 1.73. The van der Waals surface area contributed by atoms with Gasteiger partial charge in [0, 0.05) is 22.3 Å². The molecule has 1 nitrogen and oxygen atoms in total. The molecule has 0 heterocycles. The first-order valence-electron chi connectivity index (χ1n) is 6.03. The van der Waals surface area contributed by atoms with Crippen LogP contribution >= 0.6 is 46.4 Å². The van der Waals surface area contributed by atoms with Gasteiger partial charge in [-0.2, -0.15) is 0 Å². The minimum Gasteiger partial charge on any atom is -0.484 e. The van der Waals surface area contributed by atoms with E-state index in [9.17, 15) is 0 Å². The molecule has 0 radical (unpaired) electrons. The summed E-state index contributed by atoms with van der Waals surface area (Å²) >= 11 is 23.7. The van der Waals surface area contributed by atoms with Crippen LogP contribution in [0.5, 0.6) is 5.75 Å². The molecule has 0 spiro atoms. The number of hydrogen-bond acceptors (Lipinski definition) is 1. The molecular formula is C15H12Cl4O. The van der Waals surface area contributed by atoms with Gasteiger partial charge in [0.05, 0.1) is 5.02 Å². The van der Waals surface area contributed by atoms with E-state index in [2.05, 4.69) is 0 Å². The maximum absolute atomic E-state index is 6.12. The second-order valence-corrected chi connectivity index (χ2v) is 5.87. The second-order valence-electron chi connectivity index (χ2n) is 4.21. The Labute approximate surface area is 138 Å². The van der Waals surface area contributed by atoms with Gasteiger partial charge in [-0.05, 0) is 35.9 Å². The zero-order chi connectivity index (χ0) is 14.5. The summed E-state index contributed by atoms with van der Waals surface area (Å²) < 4.78 is 5.95. The van der Waals surface area contributed by atoms with E-state index in [1.807, 2.05) is 24.3 Å². The molecule has 0 saturated heterocycles. The van der Waals surface area contributed by atoms with Crippen molar-refractivity contribution >= 4 is 46.4 Å². The molecule has 0 N–H and O–H groups in total. The standard InChI is InChI=1S/C15H12Cl4O/c16-8-7-14(10-1-3-11(17)4-2-10)20-15-6-5-12(18)9-13(15)19/h1-6,9,14H,7-8H2/t14-/m1/s1. The monoisotopic (exact) mass is 348 g/mol. The fourth-order valence-corrected chi connectivity index (χ4v) is 2.57. The third-order valence-electron chi connectivity index (χ3n) is 2.78. The highest BCUT2D eigenvalue weighted by molar-refractivity contribution is 6.35. The molecule has 0 amide bonds. The lowest BCUT2D eigenvalue weighted by molar-refractivity contribution is 0.202. The number of halogens is 4. The largest absolute Gasteiger partial charge is 0.484 e. The zero-order valence-corrected chi connectivity index (χ0v) is 13.5. The third-order valence-corrected chi connectivity index (χ3v) is 3.78. The average Bonchev–Trinajstić information content (AvgIpc) is 2.42. The summed E-state index contributed by atoms with van der Waals surface area (Å²) in [6.45, 7) is 0. The molecule has 2 rings (SSSR count). The van der Waals surface area contributed by atoms with E-state index in [-0.39, 0.29) is 6.10 Å². The highest BCUT2D eigenvalue weighted by Crippen LogP contribution is 2.33. The quantitative estimate of drug-likeness (QED) is 0.568. The zero-order valence-electron chi connectivity index (χ0n) is 10.5. The molecule has 106 valence electrons. The minimum atomic E-state index is -0.177. The van der Waals surface area contributed by atoms with Gasteiger partial charge in [0.2, 0.25) is 0 Å². The molecule has 1 atom stereocenters. The number of rotatable bonds is 5. The van der Waals surface area contributed by atoms with E-state index in [4.69, 9.17) is 51.1 Å². The smallest absolute Gasteiger partial charge is 0.138 e. The summed E-state index contributed by atoms with van der Waals surface area (Å²) in [7, 11) is 0. The highest BCUT2D eigenvalue weighted by Gasteiger charge is 2.15. The fraction of sp³-hybridized carbons (Fsp3) is 0.200. The van der Waals surface area contributed by atoms with Gasteiger partial charge in [-0.3, -0.25) is 0 Å². The van der Waals surface area contributed by atoms with Crippen molar-refractivity contribution in [3.8, 4) is 5.75 Å². The number of ether oxygens (including phenoxy) is 1. The predicted molar refractivity (Wildman–Crippen MR) is 86.6 cm³/mol. The van der Waals surface area contributed by atoms with Crippen molar-refractivity contribution in [2.45, 2.75) is 12.5 Å². The first kappa shape index (κ1) is 15.8. The Morgan fingerprint density at radius 3 is 2.15 bits per heavy atom. The van der Waals surface area contributed by atoms with Crippen molar-refractivity contribution in [3.63, 3.8) is 0 Å². The van der Waals surface area contributed by atoms with Gasteiger partial charge >= 0.3 is 0 Å². The van der Waals surface area contributed by atoms with Gasteiger partial charge in [-0.1, -0.05) is 46.9 Å². The molecule has 2 aromatic rings. The molecule has 5 heteroatoms. The van der Waals surface area contributed by atoms with Crippen molar-refractivity contribution in [3.05, 3.63) is 63.1 Å². The number of alkyl halides is 1. The van der Waals surface area contributed by atoms with Crippen LogP contribution in [-0.4, -0.2) is 5.88 Å². The Balaban J connectivity index is 2.22. The molecule has 2 aromatic carbocycles. The Bertz CT molecular complexity index is 569. The Hall–Kier alpha value is -0.600. The lowest BCUT2D eigenvalue weighted by Gasteiger charge is -2.19. The van der Waals surface area contributed by atoms with Crippen molar-refractivity contribution in [1.29, 1.82) is 0 Å². The Morgan fingerprint density at radius 2 is 1.55 bits per heavy atom. The fourth-order valence-electron chi connectivity index (χ4n) is 1.79. The average molecular weight is 350 g/mol. The Morgan fingerprint density at radius 1 is 0.900 bits per heavy atom. The SMILES string of the molecule is ClCC[C@@H](Oc1ccc(Cl)cc1Cl)c1ccc(Cl)cc1. The maximum Gasteiger partial charge on any atom is 0.138 e. The van der Waals surface area contributed by atoms with Crippen LogP contribution in [0.4, 0.5) is 0 Å². The van der Waals surface area contributed by atoms with Gasteiger partial charge in [0.1, 0.15) is 11.9 Å². The first-order chi connectivity index (χ1) is 9.60. The Kier molecular flexibility index (Phi) is 5.86. The van der Waals surface area contributed by atoms with Crippen molar-refractivity contribution in [1.82, 2.24) is 0 Å². The van der Waals surface area contributed by atoms with Gasteiger partial charge in [-0.25, -0.2) is 0 Å². The molecule has 0 bridgehead atoms. The van der Waals surface area contributed by atoms with Gasteiger partial charge in [0.25, 0.3) is 0 Å². The lowest BCUT2D eigenvalue weighted by atomic mass is 10.1. The summed E-state index contributed by atoms with van der Waals surface area (Å²) in [5.41, 5.74) is 1.00. The van der Waals surface area contributed by atoms with Crippen LogP contribution in [0.3, 0.4) is 0 Å². The molecular weight excluding hydrogens is 338 g/mol. The van der Waals surface area contributed by atoms with E-state index in [0.717, 1.165) is 5.56 Å². The normalized spacial score (nSPS) is 12.2. The third kappa shape index (κ3) is 4.20. The van der Waals surface area contributed by atoms with E-state index < -0.39 is 0 Å². The molecule has 0 aliphatic heterocycles. The van der Waals surface area contributed by atoms with Crippen molar-refractivity contribution in [2.75, 3.05) is 5.88 Å². The summed E-state index contributed by atoms with van der Waals surface area (Å²) in [6, 6.07) is 12.6. The van der Waals surface area contributed by atoms with Crippen LogP contribution in [0.1, 0.15) is 18.1 Å². The van der Waals surface area contributed by atoms with Crippen LogP contribution in [0.25, 0.3) is 0 Å². The van der Waals surface area contributed by atoms with Crippen LogP contribution < -0.4 is 4.74 Å². The van der Waals surface area contributed by atoms with E-state index >= 15 is 0 Å². The summed E-state index contributed by atoms with van der Waals surface area (Å²) in [4.78, 5) is 0. The van der Waals surface area contributed by atoms with Gasteiger partial charge in [-0.15, -0.1) is 11.6 Å².